The quantitative estimate of drug-likeness (QED) is 0.554. The van der Waals surface area contributed by atoms with Gasteiger partial charge in [0.1, 0.15) is 11.5 Å². The van der Waals surface area contributed by atoms with E-state index in [4.69, 9.17) is 16.3 Å². The SMILES string of the molecule is COC(=O)Cc1c(Cl)ncnc1OC. The molecule has 0 bridgehead atoms. The average Bonchev–Trinajstić information content (AvgIpc) is 2.20. The van der Waals surface area contributed by atoms with E-state index >= 15 is 0 Å². The molecule has 1 heterocycles. The van der Waals surface area contributed by atoms with Crippen LogP contribution in [0.3, 0.4) is 0 Å². The van der Waals surface area contributed by atoms with E-state index in [9.17, 15) is 4.79 Å². The zero-order valence-electron chi connectivity index (χ0n) is 7.78. The van der Waals surface area contributed by atoms with Gasteiger partial charge in [0.2, 0.25) is 5.88 Å². The van der Waals surface area contributed by atoms with Crippen LogP contribution in [0.25, 0.3) is 0 Å². The number of halogens is 1. The summed E-state index contributed by atoms with van der Waals surface area (Å²) < 4.78 is 9.43. The van der Waals surface area contributed by atoms with Crippen LogP contribution in [0.15, 0.2) is 6.33 Å². The lowest BCUT2D eigenvalue weighted by Gasteiger charge is -2.06. The summed E-state index contributed by atoms with van der Waals surface area (Å²) in [6, 6.07) is 0. The smallest absolute Gasteiger partial charge is 0.310 e. The zero-order valence-corrected chi connectivity index (χ0v) is 8.54. The summed E-state index contributed by atoms with van der Waals surface area (Å²) in [4.78, 5) is 18.6. The molecule has 0 unspecified atom stereocenters. The number of esters is 1. The van der Waals surface area contributed by atoms with Crippen LogP contribution >= 0.6 is 11.6 Å². The highest BCUT2D eigenvalue weighted by Crippen LogP contribution is 2.21. The van der Waals surface area contributed by atoms with Gasteiger partial charge >= 0.3 is 5.97 Å². The van der Waals surface area contributed by atoms with Gasteiger partial charge in [0.05, 0.1) is 26.2 Å². The van der Waals surface area contributed by atoms with E-state index in [1.54, 1.807) is 0 Å². The molecule has 6 heteroatoms. The van der Waals surface area contributed by atoms with Crippen molar-refractivity contribution in [2.45, 2.75) is 6.42 Å². The van der Waals surface area contributed by atoms with Crippen molar-refractivity contribution in [3.63, 3.8) is 0 Å². The number of carbonyl (C=O) groups excluding carboxylic acids is 1. The molecule has 5 nitrogen and oxygen atoms in total. The first kappa shape index (κ1) is 10.7. The summed E-state index contributed by atoms with van der Waals surface area (Å²) in [5.41, 5.74) is 0.434. The van der Waals surface area contributed by atoms with E-state index in [0.717, 1.165) is 0 Å². The summed E-state index contributed by atoms with van der Waals surface area (Å²) in [7, 11) is 2.74. The summed E-state index contributed by atoms with van der Waals surface area (Å²) in [5.74, 6) is -0.129. The number of rotatable bonds is 3. The average molecular weight is 217 g/mol. The number of hydrogen-bond acceptors (Lipinski definition) is 5. The molecule has 0 aliphatic carbocycles. The van der Waals surface area contributed by atoms with Crippen molar-refractivity contribution >= 4 is 17.6 Å². The maximum Gasteiger partial charge on any atom is 0.310 e. The molecule has 14 heavy (non-hydrogen) atoms. The maximum absolute atomic E-state index is 11.0. The molecule has 0 saturated heterocycles. The third-order valence-corrected chi connectivity index (χ3v) is 1.92. The van der Waals surface area contributed by atoms with Crippen molar-refractivity contribution in [2.24, 2.45) is 0 Å². The summed E-state index contributed by atoms with van der Waals surface area (Å²) >= 11 is 5.77. The van der Waals surface area contributed by atoms with E-state index in [-0.39, 0.29) is 17.5 Å². The largest absolute Gasteiger partial charge is 0.481 e. The van der Waals surface area contributed by atoms with Crippen LogP contribution < -0.4 is 4.74 Å². The van der Waals surface area contributed by atoms with E-state index < -0.39 is 5.97 Å². The second-order valence-electron chi connectivity index (χ2n) is 2.41. The van der Waals surface area contributed by atoms with Crippen molar-refractivity contribution < 1.29 is 14.3 Å². The van der Waals surface area contributed by atoms with Crippen LogP contribution in [0.5, 0.6) is 5.88 Å². The van der Waals surface area contributed by atoms with Gasteiger partial charge < -0.3 is 9.47 Å². The van der Waals surface area contributed by atoms with Crippen molar-refractivity contribution in [3.8, 4) is 5.88 Å². The predicted octanol–water partition coefficient (Wildman–Crippen LogP) is 0.854. The van der Waals surface area contributed by atoms with Gasteiger partial charge in [-0.15, -0.1) is 0 Å². The van der Waals surface area contributed by atoms with Crippen LogP contribution in [0, 0.1) is 0 Å². The molecular formula is C8H9ClN2O3. The third-order valence-electron chi connectivity index (χ3n) is 1.60. The van der Waals surface area contributed by atoms with Gasteiger partial charge in [-0.25, -0.2) is 9.97 Å². The Bertz CT molecular complexity index is 343. The first-order valence-electron chi connectivity index (χ1n) is 3.79. The molecule has 1 aromatic heterocycles. The topological polar surface area (TPSA) is 61.3 Å². The van der Waals surface area contributed by atoms with Gasteiger partial charge in [0.15, 0.2) is 0 Å². The molecule has 0 spiro atoms. The first-order chi connectivity index (χ1) is 6.69. The molecule has 76 valence electrons. The molecule has 0 radical (unpaired) electrons. The summed E-state index contributed by atoms with van der Waals surface area (Å²) in [5, 5.41) is 0.197. The molecule has 1 aromatic rings. The normalized spacial score (nSPS) is 9.64. The van der Waals surface area contributed by atoms with E-state index in [0.29, 0.717) is 5.56 Å². The van der Waals surface area contributed by atoms with Gasteiger partial charge in [-0.2, -0.15) is 0 Å². The van der Waals surface area contributed by atoms with E-state index in [2.05, 4.69) is 14.7 Å². The van der Waals surface area contributed by atoms with Crippen molar-refractivity contribution in [1.29, 1.82) is 0 Å². The zero-order chi connectivity index (χ0) is 10.6. The Kier molecular flexibility index (Phi) is 3.64. The highest BCUT2D eigenvalue weighted by molar-refractivity contribution is 6.30. The fraction of sp³-hybridized carbons (Fsp3) is 0.375. The minimum Gasteiger partial charge on any atom is -0.481 e. The van der Waals surface area contributed by atoms with Crippen LogP contribution in [0.4, 0.5) is 0 Å². The van der Waals surface area contributed by atoms with Gasteiger partial charge in [0.25, 0.3) is 0 Å². The number of aromatic nitrogens is 2. The standard InChI is InChI=1S/C8H9ClN2O3/c1-13-6(12)3-5-7(9)10-4-11-8(5)14-2/h4H,3H2,1-2H3. The summed E-state index contributed by atoms with van der Waals surface area (Å²) in [6.45, 7) is 0. The molecule has 0 aliphatic heterocycles. The second kappa shape index (κ2) is 4.76. The van der Waals surface area contributed by atoms with Crippen molar-refractivity contribution in [1.82, 2.24) is 9.97 Å². The van der Waals surface area contributed by atoms with Gasteiger partial charge in [-0.3, -0.25) is 4.79 Å². The number of nitrogens with zero attached hydrogens (tertiary/aromatic N) is 2. The molecule has 0 fully saturated rings. The number of hydrogen-bond donors (Lipinski definition) is 0. The van der Waals surface area contributed by atoms with E-state index in [1.165, 1.54) is 20.5 Å². The molecular weight excluding hydrogens is 208 g/mol. The Labute approximate surface area is 86.0 Å². The van der Waals surface area contributed by atoms with Crippen molar-refractivity contribution in [2.75, 3.05) is 14.2 Å². The Morgan fingerprint density at radius 2 is 2.21 bits per heavy atom. The number of methoxy groups -OCH3 is 2. The predicted molar refractivity (Wildman–Crippen MR) is 49.3 cm³/mol. The second-order valence-corrected chi connectivity index (χ2v) is 2.76. The summed E-state index contributed by atoms with van der Waals surface area (Å²) in [6.07, 6.45) is 1.27. The fourth-order valence-corrected chi connectivity index (χ4v) is 1.11. The first-order valence-corrected chi connectivity index (χ1v) is 4.17. The van der Waals surface area contributed by atoms with Crippen LogP contribution in [-0.4, -0.2) is 30.2 Å². The Morgan fingerprint density at radius 3 is 2.79 bits per heavy atom. The van der Waals surface area contributed by atoms with Crippen molar-refractivity contribution in [3.05, 3.63) is 17.0 Å². The van der Waals surface area contributed by atoms with Crippen LogP contribution in [0.2, 0.25) is 5.15 Å². The minimum atomic E-state index is -0.417. The van der Waals surface area contributed by atoms with Gasteiger partial charge in [-0.1, -0.05) is 11.6 Å². The monoisotopic (exact) mass is 216 g/mol. The molecule has 0 amide bonds. The number of carbonyl (C=O) groups is 1. The lowest BCUT2D eigenvalue weighted by Crippen LogP contribution is -2.08. The lowest BCUT2D eigenvalue weighted by atomic mass is 10.2. The molecule has 0 atom stereocenters. The van der Waals surface area contributed by atoms with Crippen LogP contribution in [-0.2, 0) is 16.0 Å². The Hall–Kier alpha value is -1.36. The molecule has 0 N–H and O–H groups in total. The third kappa shape index (κ3) is 2.32. The maximum atomic E-state index is 11.0. The van der Waals surface area contributed by atoms with Gasteiger partial charge in [-0.05, 0) is 0 Å². The fourth-order valence-electron chi connectivity index (χ4n) is 0.917. The van der Waals surface area contributed by atoms with E-state index in [1.807, 2.05) is 0 Å². The minimum absolute atomic E-state index is 0.000648. The lowest BCUT2D eigenvalue weighted by molar-refractivity contribution is -0.139. The Balaban J connectivity index is 2.98. The van der Waals surface area contributed by atoms with Gasteiger partial charge in [0, 0.05) is 0 Å². The highest BCUT2D eigenvalue weighted by Gasteiger charge is 2.14. The molecule has 0 aromatic carbocycles. The van der Waals surface area contributed by atoms with Crippen LogP contribution in [0.1, 0.15) is 5.56 Å². The molecule has 1 rings (SSSR count). The number of ether oxygens (including phenoxy) is 2. The molecule has 0 saturated carbocycles. The molecule has 0 aliphatic rings. The Morgan fingerprint density at radius 1 is 1.50 bits per heavy atom. The highest BCUT2D eigenvalue weighted by atomic mass is 35.5.